The van der Waals surface area contributed by atoms with Crippen molar-refractivity contribution in [3.63, 3.8) is 0 Å². The van der Waals surface area contributed by atoms with E-state index in [2.05, 4.69) is 10.3 Å². The van der Waals surface area contributed by atoms with Crippen LogP contribution in [-0.4, -0.2) is 10.9 Å². The summed E-state index contributed by atoms with van der Waals surface area (Å²) in [7, 11) is 0. The summed E-state index contributed by atoms with van der Waals surface area (Å²) in [5.41, 5.74) is 4.70. The fourth-order valence-corrected chi connectivity index (χ4v) is 2.20. The van der Waals surface area contributed by atoms with Crippen molar-refractivity contribution in [2.45, 2.75) is 13.8 Å². The van der Waals surface area contributed by atoms with Crippen LogP contribution in [0.5, 0.6) is 0 Å². The lowest BCUT2D eigenvalue weighted by Gasteiger charge is -2.03. The van der Waals surface area contributed by atoms with Gasteiger partial charge in [-0.05, 0) is 43.7 Å². The molecule has 0 aliphatic heterocycles. The SMILES string of the molecule is Cc1ccc(NC(=O)c2cc3ccc(C)cc3[nH]2)cc1. The Bertz CT molecular complexity index is 769. The maximum absolute atomic E-state index is 12.2. The molecule has 0 aliphatic carbocycles. The third kappa shape index (κ3) is 2.43. The first kappa shape index (κ1) is 12.5. The van der Waals surface area contributed by atoms with E-state index in [9.17, 15) is 4.79 Å². The Kier molecular flexibility index (Phi) is 3.03. The van der Waals surface area contributed by atoms with Crippen LogP contribution >= 0.6 is 0 Å². The van der Waals surface area contributed by atoms with E-state index < -0.39 is 0 Å². The Hall–Kier alpha value is -2.55. The van der Waals surface area contributed by atoms with Crippen molar-refractivity contribution in [1.82, 2.24) is 4.98 Å². The zero-order valence-corrected chi connectivity index (χ0v) is 11.5. The van der Waals surface area contributed by atoms with Crippen LogP contribution in [0, 0.1) is 13.8 Å². The van der Waals surface area contributed by atoms with Crippen molar-refractivity contribution < 1.29 is 4.79 Å². The minimum absolute atomic E-state index is 0.122. The average molecular weight is 264 g/mol. The molecule has 20 heavy (non-hydrogen) atoms. The van der Waals surface area contributed by atoms with Gasteiger partial charge in [0.05, 0.1) is 0 Å². The summed E-state index contributed by atoms with van der Waals surface area (Å²) in [4.78, 5) is 15.4. The highest BCUT2D eigenvalue weighted by Gasteiger charge is 2.09. The van der Waals surface area contributed by atoms with Crippen molar-refractivity contribution >= 4 is 22.5 Å². The maximum atomic E-state index is 12.2. The van der Waals surface area contributed by atoms with Gasteiger partial charge >= 0.3 is 0 Å². The minimum Gasteiger partial charge on any atom is -0.351 e. The summed E-state index contributed by atoms with van der Waals surface area (Å²) in [5.74, 6) is -0.122. The van der Waals surface area contributed by atoms with Crippen molar-refractivity contribution in [2.75, 3.05) is 5.32 Å². The second-order valence-electron chi connectivity index (χ2n) is 5.09. The summed E-state index contributed by atoms with van der Waals surface area (Å²) in [6, 6.07) is 15.7. The molecule has 100 valence electrons. The van der Waals surface area contributed by atoms with Gasteiger partial charge < -0.3 is 10.3 Å². The highest BCUT2D eigenvalue weighted by molar-refractivity contribution is 6.05. The van der Waals surface area contributed by atoms with Crippen LogP contribution in [0.25, 0.3) is 10.9 Å². The third-order valence-corrected chi connectivity index (χ3v) is 3.33. The first-order valence-corrected chi connectivity index (χ1v) is 6.59. The molecule has 1 aromatic heterocycles. The predicted molar refractivity (Wildman–Crippen MR) is 82.2 cm³/mol. The third-order valence-electron chi connectivity index (χ3n) is 3.33. The molecule has 0 unspecified atom stereocenters. The number of nitrogens with one attached hydrogen (secondary N) is 2. The number of hydrogen-bond acceptors (Lipinski definition) is 1. The van der Waals surface area contributed by atoms with E-state index in [1.54, 1.807) is 0 Å². The van der Waals surface area contributed by atoms with Crippen LogP contribution in [0.15, 0.2) is 48.5 Å². The van der Waals surface area contributed by atoms with Gasteiger partial charge in [0.25, 0.3) is 5.91 Å². The largest absolute Gasteiger partial charge is 0.351 e. The smallest absolute Gasteiger partial charge is 0.272 e. The van der Waals surface area contributed by atoms with E-state index in [0.29, 0.717) is 5.69 Å². The Labute approximate surface area is 117 Å². The predicted octanol–water partition coefficient (Wildman–Crippen LogP) is 4.04. The fraction of sp³-hybridized carbons (Fsp3) is 0.118. The van der Waals surface area contributed by atoms with Crippen LogP contribution in [0.4, 0.5) is 5.69 Å². The Morgan fingerprint density at radius 1 is 0.950 bits per heavy atom. The van der Waals surface area contributed by atoms with Gasteiger partial charge in [-0.25, -0.2) is 0 Å². The van der Waals surface area contributed by atoms with Crippen molar-refractivity contribution in [2.24, 2.45) is 0 Å². The van der Waals surface area contributed by atoms with E-state index in [-0.39, 0.29) is 5.91 Å². The minimum atomic E-state index is -0.122. The molecule has 3 rings (SSSR count). The van der Waals surface area contributed by atoms with Gasteiger partial charge in [-0.2, -0.15) is 0 Å². The molecule has 3 aromatic rings. The average Bonchev–Trinajstić information content (AvgIpc) is 2.84. The van der Waals surface area contributed by atoms with Gasteiger partial charge in [-0.3, -0.25) is 4.79 Å². The lowest BCUT2D eigenvalue weighted by atomic mass is 10.2. The summed E-state index contributed by atoms with van der Waals surface area (Å²) in [6.07, 6.45) is 0. The quantitative estimate of drug-likeness (QED) is 0.721. The molecule has 0 saturated carbocycles. The number of hydrogen-bond donors (Lipinski definition) is 2. The fourth-order valence-electron chi connectivity index (χ4n) is 2.20. The number of carbonyl (C=O) groups excluding carboxylic acids is 1. The van der Waals surface area contributed by atoms with Gasteiger partial charge in [0.1, 0.15) is 5.69 Å². The monoisotopic (exact) mass is 264 g/mol. The molecular weight excluding hydrogens is 248 g/mol. The molecule has 0 radical (unpaired) electrons. The normalized spacial score (nSPS) is 10.7. The Morgan fingerprint density at radius 2 is 1.65 bits per heavy atom. The molecule has 1 heterocycles. The molecule has 0 spiro atoms. The topological polar surface area (TPSA) is 44.9 Å². The number of H-pyrrole nitrogens is 1. The zero-order valence-electron chi connectivity index (χ0n) is 11.5. The summed E-state index contributed by atoms with van der Waals surface area (Å²) >= 11 is 0. The van der Waals surface area contributed by atoms with E-state index in [1.807, 2.05) is 62.4 Å². The first-order chi connectivity index (χ1) is 9.61. The van der Waals surface area contributed by atoms with E-state index in [4.69, 9.17) is 0 Å². The van der Waals surface area contributed by atoms with Crippen molar-refractivity contribution in [1.29, 1.82) is 0 Å². The van der Waals surface area contributed by atoms with E-state index >= 15 is 0 Å². The van der Waals surface area contributed by atoms with Gasteiger partial charge in [0, 0.05) is 16.6 Å². The molecule has 3 heteroatoms. The lowest BCUT2D eigenvalue weighted by Crippen LogP contribution is -2.12. The van der Waals surface area contributed by atoms with E-state index in [1.165, 1.54) is 11.1 Å². The second kappa shape index (κ2) is 4.85. The molecule has 3 nitrogen and oxygen atoms in total. The zero-order chi connectivity index (χ0) is 14.1. The summed E-state index contributed by atoms with van der Waals surface area (Å²) in [5, 5.41) is 3.94. The number of amides is 1. The van der Waals surface area contributed by atoms with Gasteiger partial charge in [-0.1, -0.05) is 29.8 Å². The molecule has 1 amide bonds. The van der Waals surface area contributed by atoms with Gasteiger partial charge in [-0.15, -0.1) is 0 Å². The molecule has 0 atom stereocenters. The molecule has 2 aromatic carbocycles. The highest BCUT2D eigenvalue weighted by Crippen LogP contribution is 2.18. The molecule has 0 bridgehead atoms. The second-order valence-corrected chi connectivity index (χ2v) is 5.09. The van der Waals surface area contributed by atoms with Gasteiger partial charge in [0.2, 0.25) is 0 Å². The number of benzene rings is 2. The van der Waals surface area contributed by atoms with Crippen LogP contribution in [0.1, 0.15) is 21.6 Å². The number of carbonyl (C=O) groups is 1. The van der Waals surface area contributed by atoms with Crippen LogP contribution in [0.2, 0.25) is 0 Å². The molecular formula is C17H16N2O. The molecule has 0 aliphatic rings. The number of aromatic nitrogens is 1. The molecule has 0 fully saturated rings. The molecule has 0 saturated heterocycles. The van der Waals surface area contributed by atoms with Crippen LogP contribution in [-0.2, 0) is 0 Å². The Balaban J connectivity index is 1.86. The summed E-state index contributed by atoms with van der Waals surface area (Å²) in [6.45, 7) is 4.05. The highest BCUT2D eigenvalue weighted by atomic mass is 16.1. The van der Waals surface area contributed by atoms with Gasteiger partial charge in [0.15, 0.2) is 0 Å². The van der Waals surface area contributed by atoms with Crippen molar-refractivity contribution in [3.8, 4) is 0 Å². The maximum Gasteiger partial charge on any atom is 0.272 e. The lowest BCUT2D eigenvalue weighted by molar-refractivity contribution is 0.102. The van der Waals surface area contributed by atoms with Crippen LogP contribution < -0.4 is 5.32 Å². The first-order valence-electron chi connectivity index (χ1n) is 6.59. The van der Waals surface area contributed by atoms with E-state index in [0.717, 1.165) is 16.6 Å². The number of fused-ring (bicyclic) bond motifs is 1. The number of rotatable bonds is 2. The number of anilines is 1. The van der Waals surface area contributed by atoms with Crippen molar-refractivity contribution in [3.05, 3.63) is 65.4 Å². The van der Waals surface area contributed by atoms with Crippen LogP contribution in [0.3, 0.4) is 0 Å². The Morgan fingerprint density at radius 3 is 2.40 bits per heavy atom. The standard InChI is InChI=1S/C17H16N2O/c1-11-4-7-14(8-5-11)18-17(20)16-10-13-6-3-12(2)9-15(13)19-16/h3-10,19H,1-2H3,(H,18,20). The summed E-state index contributed by atoms with van der Waals surface area (Å²) < 4.78 is 0. The molecule has 2 N–H and O–H groups in total. The number of aromatic amines is 1. The number of aryl methyl sites for hydroxylation is 2.